The Morgan fingerprint density at radius 1 is 1.22 bits per heavy atom. The Morgan fingerprint density at radius 2 is 1.94 bits per heavy atom. The molecule has 0 aliphatic heterocycles. The van der Waals surface area contributed by atoms with Gasteiger partial charge in [0.25, 0.3) is 0 Å². The predicted molar refractivity (Wildman–Crippen MR) is 81.7 cm³/mol. The fraction of sp³-hybridized carbons (Fsp3) is 0.176. The zero-order valence-electron chi connectivity index (χ0n) is 11.2. The minimum Gasteiger partial charge on any atom is -0.342 e. The molecule has 0 saturated heterocycles. The lowest BCUT2D eigenvalue weighted by Gasteiger charge is -2.24. The van der Waals surface area contributed by atoms with E-state index in [1.807, 2.05) is 25.1 Å². The molecule has 0 fully saturated rings. The Morgan fingerprint density at radius 3 is 2.56 bits per heavy atom. The lowest BCUT2D eigenvalue weighted by Crippen LogP contribution is -2.20. The zero-order chi connectivity index (χ0) is 13.2. The second kappa shape index (κ2) is 8.13. The number of hydrogen-bond acceptors (Lipinski definition) is 1. The molecule has 1 aromatic carbocycles. The molecule has 0 aliphatic carbocycles. The molecule has 0 heterocycles. The van der Waals surface area contributed by atoms with Crippen molar-refractivity contribution in [3.63, 3.8) is 0 Å². The van der Waals surface area contributed by atoms with E-state index in [4.69, 9.17) is 0 Å². The number of para-hydroxylation sites is 1. The number of nitrogens with zero attached hydrogens (tertiary/aromatic N) is 1. The van der Waals surface area contributed by atoms with Gasteiger partial charge in [0.05, 0.1) is 0 Å². The molecule has 0 aliphatic rings. The molecule has 0 atom stereocenters. The van der Waals surface area contributed by atoms with E-state index in [9.17, 15) is 0 Å². The van der Waals surface area contributed by atoms with Crippen molar-refractivity contribution >= 4 is 5.69 Å². The summed E-state index contributed by atoms with van der Waals surface area (Å²) in [6, 6.07) is 10.4. The lowest BCUT2D eigenvalue weighted by atomic mass is 10.2. The highest BCUT2D eigenvalue weighted by Crippen LogP contribution is 2.18. The van der Waals surface area contributed by atoms with Gasteiger partial charge >= 0.3 is 0 Å². The summed E-state index contributed by atoms with van der Waals surface area (Å²) in [5, 5.41) is 0. The summed E-state index contributed by atoms with van der Waals surface area (Å²) in [5.74, 6) is 0. The van der Waals surface area contributed by atoms with Crippen molar-refractivity contribution in [3.05, 3.63) is 79.1 Å². The number of benzene rings is 1. The highest BCUT2D eigenvalue weighted by Gasteiger charge is 2.04. The Balaban J connectivity index is 2.94. The molecule has 0 spiro atoms. The first-order valence-electron chi connectivity index (χ1n) is 6.19. The summed E-state index contributed by atoms with van der Waals surface area (Å²) in [6.07, 6.45) is 12.0. The summed E-state index contributed by atoms with van der Waals surface area (Å²) in [5.41, 5.74) is 2.41. The van der Waals surface area contributed by atoms with E-state index in [2.05, 4.69) is 60.9 Å². The van der Waals surface area contributed by atoms with Crippen LogP contribution >= 0.6 is 0 Å². The SMILES string of the molecule is C=C/C=C\C=C(/C)N(C/C=C\C)c1ccccc1. The van der Waals surface area contributed by atoms with E-state index in [1.165, 1.54) is 11.4 Å². The average Bonchev–Trinajstić information content (AvgIpc) is 2.41. The fourth-order valence-corrected chi connectivity index (χ4v) is 1.64. The van der Waals surface area contributed by atoms with Crippen molar-refractivity contribution in [2.24, 2.45) is 0 Å². The van der Waals surface area contributed by atoms with E-state index in [-0.39, 0.29) is 0 Å². The van der Waals surface area contributed by atoms with Crippen molar-refractivity contribution in [3.8, 4) is 0 Å². The molecule has 0 radical (unpaired) electrons. The smallest absolute Gasteiger partial charge is 0.0411 e. The van der Waals surface area contributed by atoms with Crippen LogP contribution in [0.25, 0.3) is 0 Å². The van der Waals surface area contributed by atoms with Crippen LogP contribution in [0.15, 0.2) is 79.1 Å². The van der Waals surface area contributed by atoms with Crippen LogP contribution in [-0.4, -0.2) is 6.54 Å². The molecule has 18 heavy (non-hydrogen) atoms. The van der Waals surface area contributed by atoms with Crippen molar-refractivity contribution in [2.75, 3.05) is 11.4 Å². The molecule has 1 heteroatoms. The lowest BCUT2D eigenvalue weighted by molar-refractivity contribution is 1.01. The molecule has 0 amide bonds. The van der Waals surface area contributed by atoms with E-state index < -0.39 is 0 Å². The predicted octanol–water partition coefficient (Wildman–Crippen LogP) is 4.72. The maximum absolute atomic E-state index is 3.67. The Bertz CT molecular complexity index is 438. The monoisotopic (exact) mass is 239 g/mol. The molecule has 0 bridgehead atoms. The third kappa shape index (κ3) is 4.46. The quantitative estimate of drug-likeness (QED) is 0.513. The molecule has 1 aromatic rings. The first kappa shape index (κ1) is 14.0. The molecule has 0 unspecified atom stereocenters. The van der Waals surface area contributed by atoms with Crippen molar-refractivity contribution < 1.29 is 0 Å². The van der Waals surface area contributed by atoms with Gasteiger partial charge in [0.2, 0.25) is 0 Å². The Kier molecular flexibility index (Phi) is 6.34. The van der Waals surface area contributed by atoms with E-state index in [1.54, 1.807) is 6.08 Å². The summed E-state index contributed by atoms with van der Waals surface area (Å²) in [4.78, 5) is 2.27. The van der Waals surface area contributed by atoms with Crippen LogP contribution in [0.4, 0.5) is 5.69 Å². The third-order valence-corrected chi connectivity index (χ3v) is 2.60. The maximum Gasteiger partial charge on any atom is 0.0411 e. The first-order valence-corrected chi connectivity index (χ1v) is 6.19. The highest BCUT2D eigenvalue weighted by atomic mass is 15.1. The first-order chi connectivity index (χ1) is 8.79. The molecule has 0 saturated carbocycles. The molecule has 0 aromatic heterocycles. The summed E-state index contributed by atoms with van der Waals surface area (Å²) < 4.78 is 0. The second-order valence-corrected chi connectivity index (χ2v) is 3.94. The number of hydrogen-bond donors (Lipinski definition) is 0. The van der Waals surface area contributed by atoms with Gasteiger partial charge in [-0.25, -0.2) is 0 Å². The molecule has 94 valence electrons. The summed E-state index contributed by atoms with van der Waals surface area (Å²) in [6.45, 7) is 8.71. The fourth-order valence-electron chi connectivity index (χ4n) is 1.64. The van der Waals surface area contributed by atoms with Crippen molar-refractivity contribution in [1.82, 2.24) is 0 Å². The van der Waals surface area contributed by atoms with Crippen LogP contribution in [-0.2, 0) is 0 Å². The zero-order valence-corrected chi connectivity index (χ0v) is 11.2. The summed E-state index contributed by atoms with van der Waals surface area (Å²) >= 11 is 0. The van der Waals surface area contributed by atoms with Gasteiger partial charge in [0.15, 0.2) is 0 Å². The Hall–Kier alpha value is -2.02. The average molecular weight is 239 g/mol. The van der Waals surface area contributed by atoms with E-state index in [0.717, 1.165) is 6.54 Å². The minimum atomic E-state index is 0.880. The van der Waals surface area contributed by atoms with Crippen molar-refractivity contribution in [1.29, 1.82) is 0 Å². The largest absolute Gasteiger partial charge is 0.342 e. The van der Waals surface area contributed by atoms with Crippen LogP contribution in [0.5, 0.6) is 0 Å². The number of allylic oxidation sites excluding steroid dienone is 6. The van der Waals surface area contributed by atoms with Gasteiger partial charge in [0, 0.05) is 17.9 Å². The normalized spacial score (nSPS) is 12.2. The maximum atomic E-state index is 3.67. The van der Waals surface area contributed by atoms with Gasteiger partial charge in [-0.1, -0.05) is 55.2 Å². The van der Waals surface area contributed by atoms with Crippen LogP contribution in [0.1, 0.15) is 13.8 Å². The molecular weight excluding hydrogens is 218 g/mol. The topological polar surface area (TPSA) is 3.24 Å². The van der Waals surface area contributed by atoms with Gasteiger partial charge in [-0.15, -0.1) is 0 Å². The van der Waals surface area contributed by atoms with E-state index in [0.29, 0.717) is 0 Å². The molecule has 0 N–H and O–H groups in total. The van der Waals surface area contributed by atoms with Crippen molar-refractivity contribution in [2.45, 2.75) is 13.8 Å². The Labute approximate surface area is 110 Å². The third-order valence-electron chi connectivity index (χ3n) is 2.60. The second-order valence-electron chi connectivity index (χ2n) is 3.94. The molecular formula is C17H21N. The van der Waals surface area contributed by atoms with Gasteiger partial charge in [-0.2, -0.15) is 0 Å². The molecule has 1 rings (SSSR count). The molecule has 1 nitrogen and oxygen atoms in total. The van der Waals surface area contributed by atoms with Gasteiger partial charge in [-0.3, -0.25) is 0 Å². The van der Waals surface area contributed by atoms with Crippen LogP contribution < -0.4 is 4.90 Å². The van der Waals surface area contributed by atoms with Gasteiger partial charge in [-0.05, 0) is 32.1 Å². The highest BCUT2D eigenvalue weighted by molar-refractivity contribution is 5.52. The minimum absolute atomic E-state index is 0.880. The summed E-state index contributed by atoms with van der Waals surface area (Å²) in [7, 11) is 0. The number of rotatable bonds is 6. The van der Waals surface area contributed by atoms with E-state index >= 15 is 0 Å². The number of anilines is 1. The standard InChI is InChI=1S/C17H21N/c1-4-6-9-12-16(3)18(15-7-5-2)17-13-10-8-11-14-17/h4-14H,1,15H2,2-3H3/b7-5-,9-6-,16-12+. The van der Waals surface area contributed by atoms with Crippen LogP contribution in [0.3, 0.4) is 0 Å². The van der Waals surface area contributed by atoms with Gasteiger partial charge < -0.3 is 4.90 Å². The van der Waals surface area contributed by atoms with Gasteiger partial charge in [0.1, 0.15) is 0 Å². The van der Waals surface area contributed by atoms with Crippen LogP contribution in [0.2, 0.25) is 0 Å². The van der Waals surface area contributed by atoms with Crippen LogP contribution in [0, 0.1) is 0 Å².